The summed E-state index contributed by atoms with van der Waals surface area (Å²) in [5.74, 6) is 0.0799. The lowest BCUT2D eigenvalue weighted by atomic mass is 10.1. The Balaban J connectivity index is 2.22. The highest BCUT2D eigenvalue weighted by molar-refractivity contribution is 5.41. The molecule has 0 spiro atoms. The molecule has 0 aliphatic carbocycles. The lowest BCUT2D eigenvalue weighted by molar-refractivity contribution is -0.385. The molecule has 5 heteroatoms. The van der Waals surface area contributed by atoms with Gasteiger partial charge in [0.15, 0.2) is 0 Å². The summed E-state index contributed by atoms with van der Waals surface area (Å²) in [5, 5.41) is 10.9. The fraction of sp³-hybridized carbons (Fsp3) is 0.200. The first-order valence-electron chi connectivity index (χ1n) is 6.11. The molecule has 0 aliphatic rings. The number of nitrogens with zero attached hydrogens (tertiary/aromatic N) is 1. The summed E-state index contributed by atoms with van der Waals surface area (Å²) in [6.07, 6.45) is 0. The van der Waals surface area contributed by atoms with Crippen molar-refractivity contribution in [1.82, 2.24) is 0 Å². The number of nitro groups is 1. The first kappa shape index (κ1) is 14.0. The molecule has 104 valence electrons. The molecular weight excluding hydrogens is 261 g/mol. The first-order chi connectivity index (χ1) is 9.50. The van der Waals surface area contributed by atoms with E-state index in [9.17, 15) is 14.5 Å². The van der Waals surface area contributed by atoms with Crippen LogP contribution in [0.5, 0.6) is 5.75 Å². The fourth-order valence-electron chi connectivity index (χ4n) is 1.93. The summed E-state index contributed by atoms with van der Waals surface area (Å²) in [5.41, 5.74) is 1.40. The second-order valence-electron chi connectivity index (χ2n) is 4.49. The van der Waals surface area contributed by atoms with E-state index in [1.807, 2.05) is 0 Å². The van der Waals surface area contributed by atoms with Crippen LogP contribution in [0.15, 0.2) is 36.4 Å². The summed E-state index contributed by atoms with van der Waals surface area (Å²) in [6.45, 7) is 3.33. The number of halogens is 1. The number of aryl methyl sites for hydroxylation is 1. The standard InChI is InChI=1S/C15H14FNO3/c1-10-7-8-14(11(2)15(10)16)20-9-12-5-3-4-6-13(12)17(18)19/h3-8H,9H2,1-2H3. The lowest BCUT2D eigenvalue weighted by Gasteiger charge is -2.11. The van der Waals surface area contributed by atoms with Crippen LogP contribution < -0.4 is 4.74 Å². The summed E-state index contributed by atoms with van der Waals surface area (Å²) >= 11 is 0. The van der Waals surface area contributed by atoms with E-state index in [0.717, 1.165) is 0 Å². The number of hydrogen-bond acceptors (Lipinski definition) is 3. The Morgan fingerprint density at radius 1 is 1.20 bits per heavy atom. The van der Waals surface area contributed by atoms with Gasteiger partial charge in [-0.05, 0) is 31.5 Å². The molecule has 2 rings (SSSR count). The Kier molecular flexibility index (Phi) is 3.98. The van der Waals surface area contributed by atoms with Gasteiger partial charge < -0.3 is 4.74 Å². The van der Waals surface area contributed by atoms with Crippen LogP contribution in [0, 0.1) is 29.8 Å². The first-order valence-corrected chi connectivity index (χ1v) is 6.11. The van der Waals surface area contributed by atoms with Gasteiger partial charge in [0, 0.05) is 11.6 Å². The lowest BCUT2D eigenvalue weighted by Crippen LogP contribution is -2.02. The monoisotopic (exact) mass is 275 g/mol. The van der Waals surface area contributed by atoms with E-state index in [-0.39, 0.29) is 18.1 Å². The maximum atomic E-state index is 13.7. The Labute approximate surface area is 116 Å². The number of ether oxygens (including phenoxy) is 1. The molecule has 0 atom stereocenters. The van der Waals surface area contributed by atoms with Gasteiger partial charge in [-0.25, -0.2) is 4.39 Å². The summed E-state index contributed by atoms with van der Waals surface area (Å²) < 4.78 is 19.2. The van der Waals surface area contributed by atoms with Crippen LogP contribution >= 0.6 is 0 Å². The van der Waals surface area contributed by atoms with E-state index in [2.05, 4.69) is 0 Å². The Morgan fingerprint density at radius 3 is 2.60 bits per heavy atom. The van der Waals surface area contributed by atoms with Gasteiger partial charge in [0.1, 0.15) is 18.2 Å². The highest BCUT2D eigenvalue weighted by atomic mass is 19.1. The average molecular weight is 275 g/mol. The Bertz CT molecular complexity index is 656. The molecule has 0 radical (unpaired) electrons. The third kappa shape index (κ3) is 2.77. The van der Waals surface area contributed by atoms with E-state index in [1.54, 1.807) is 44.2 Å². The van der Waals surface area contributed by atoms with Gasteiger partial charge in [-0.15, -0.1) is 0 Å². The van der Waals surface area contributed by atoms with Crippen molar-refractivity contribution >= 4 is 5.69 Å². The van der Waals surface area contributed by atoms with Gasteiger partial charge in [0.05, 0.1) is 10.5 Å². The number of nitro benzene ring substituents is 1. The summed E-state index contributed by atoms with van der Waals surface area (Å²) in [4.78, 5) is 10.4. The number of hydrogen-bond donors (Lipinski definition) is 0. The topological polar surface area (TPSA) is 52.4 Å². The SMILES string of the molecule is Cc1ccc(OCc2ccccc2[N+](=O)[O-])c(C)c1F. The molecular formula is C15H14FNO3. The van der Waals surface area contributed by atoms with Crippen molar-refractivity contribution in [1.29, 1.82) is 0 Å². The van der Waals surface area contributed by atoms with Crippen molar-refractivity contribution < 1.29 is 14.1 Å². The van der Waals surface area contributed by atoms with Crippen molar-refractivity contribution in [3.63, 3.8) is 0 Å². The molecule has 0 bridgehead atoms. The molecule has 0 aromatic heterocycles. The molecule has 0 heterocycles. The van der Waals surface area contributed by atoms with Gasteiger partial charge in [0.2, 0.25) is 0 Å². The van der Waals surface area contributed by atoms with Crippen LogP contribution in [0.3, 0.4) is 0 Å². The van der Waals surface area contributed by atoms with Gasteiger partial charge in [-0.3, -0.25) is 10.1 Å². The van der Waals surface area contributed by atoms with Gasteiger partial charge in [-0.1, -0.05) is 18.2 Å². The van der Waals surface area contributed by atoms with Crippen LogP contribution in [0.25, 0.3) is 0 Å². The van der Waals surface area contributed by atoms with E-state index < -0.39 is 4.92 Å². The minimum Gasteiger partial charge on any atom is -0.488 e. The molecule has 2 aromatic rings. The van der Waals surface area contributed by atoms with Gasteiger partial charge >= 0.3 is 0 Å². The third-order valence-electron chi connectivity index (χ3n) is 3.10. The number of benzene rings is 2. The molecule has 0 aliphatic heterocycles. The summed E-state index contributed by atoms with van der Waals surface area (Å²) in [6, 6.07) is 9.63. The molecule has 0 saturated heterocycles. The zero-order valence-electron chi connectivity index (χ0n) is 11.2. The van der Waals surface area contributed by atoms with Crippen molar-refractivity contribution in [3.8, 4) is 5.75 Å². The number of para-hydroxylation sites is 1. The predicted octanol–water partition coefficient (Wildman–Crippen LogP) is 3.93. The molecule has 0 saturated carbocycles. The van der Waals surface area contributed by atoms with Crippen molar-refractivity contribution in [2.45, 2.75) is 20.5 Å². The molecule has 0 N–H and O–H groups in total. The largest absolute Gasteiger partial charge is 0.488 e. The minimum atomic E-state index is -0.457. The van der Waals surface area contributed by atoms with E-state index in [0.29, 0.717) is 22.4 Å². The molecule has 2 aromatic carbocycles. The van der Waals surface area contributed by atoms with Crippen LogP contribution in [0.4, 0.5) is 10.1 Å². The smallest absolute Gasteiger partial charge is 0.276 e. The highest BCUT2D eigenvalue weighted by Gasteiger charge is 2.14. The van der Waals surface area contributed by atoms with Crippen LogP contribution in [-0.2, 0) is 6.61 Å². The van der Waals surface area contributed by atoms with Gasteiger partial charge in [0.25, 0.3) is 5.69 Å². The molecule has 0 unspecified atom stereocenters. The molecule has 0 amide bonds. The number of rotatable bonds is 4. The van der Waals surface area contributed by atoms with Crippen LogP contribution in [0.2, 0.25) is 0 Å². The molecule has 20 heavy (non-hydrogen) atoms. The van der Waals surface area contributed by atoms with Crippen molar-refractivity contribution in [2.24, 2.45) is 0 Å². The molecule has 0 fully saturated rings. The van der Waals surface area contributed by atoms with Crippen molar-refractivity contribution in [3.05, 3.63) is 69.0 Å². The normalized spacial score (nSPS) is 10.3. The van der Waals surface area contributed by atoms with Crippen LogP contribution in [0.1, 0.15) is 16.7 Å². The highest BCUT2D eigenvalue weighted by Crippen LogP contribution is 2.25. The average Bonchev–Trinajstić information content (AvgIpc) is 2.44. The second kappa shape index (κ2) is 5.69. The Morgan fingerprint density at radius 2 is 1.90 bits per heavy atom. The zero-order valence-corrected chi connectivity index (χ0v) is 11.2. The Hall–Kier alpha value is -2.43. The van der Waals surface area contributed by atoms with Crippen molar-refractivity contribution in [2.75, 3.05) is 0 Å². The quantitative estimate of drug-likeness (QED) is 0.627. The zero-order chi connectivity index (χ0) is 14.7. The predicted molar refractivity (Wildman–Crippen MR) is 73.3 cm³/mol. The van der Waals surface area contributed by atoms with Crippen LogP contribution in [-0.4, -0.2) is 4.92 Å². The van der Waals surface area contributed by atoms with E-state index >= 15 is 0 Å². The second-order valence-corrected chi connectivity index (χ2v) is 4.49. The van der Waals surface area contributed by atoms with Gasteiger partial charge in [-0.2, -0.15) is 0 Å². The third-order valence-corrected chi connectivity index (χ3v) is 3.10. The fourth-order valence-corrected chi connectivity index (χ4v) is 1.93. The van der Waals surface area contributed by atoms with E-state index in [4.69, 9.17) is 4.74 Å². The maximum absolute atomic E-state index is 13.7. The minimum absolute atomic E-state index is 0.00210. The summed E-state index contributed by atoms with van der Waals surface area (Å²) in [7, 11) is 0. The molecule has 4 nitrogen and oxygen atoms in total. The van der Waals surface area contributed by atoms with E-state index in [1.165, 1.54) is 6.07 Å². The maximum Gasteiger partial charge on any atom is 0.276 e.